The molecule has 2 aliphatic rings. The Morgan fingerprint density at radius 1 is 0.738 bits per heavy atom. The van der Waals surface area contributed by atoms with E-state index in [0.717, 1.165) is 70.4 Å². The van der Waals surface area contributed by atoms with Crippen LogP contribution >= 0.6 is 0 Å². The standard InChI is InChI=1S/C41H50N10O6.CH2O2.CH4/c1-22(2)32(48-40(54)56-5)38(52)50-17-7-9-30(50)36-42-19-28(46-36)25-13-11-24(12-14-25)26-15-16-27(35-34(26)44-21-45-35)29-20-43-37(47-29)31-10-8-18-51(31)39(53)33(23(3)4)49-41(55)57-6;2-1-3;/h11-16,19-23,30-33H,7-10,17-18H2,1-6H3,(H,42,46)(H,43,47)(H,44,45)(H,48,54)(H,49,55);1H,(H,2,3);1H4/t30-,31-,32-,33-;;/m0../s1. The summed E-state index contributed by atoms with van der Waals surface area (Å²) in [7, 11) is 2.57. The SMILES string of the molecule is C.COC(=O)N[C@H](C(=O)N1CCC[C@H]1c1ncc(-c2ccc(-c3ccc(-c4cnc([C@@H]5CCCN5C(=O)[C@@H](NC(=O)OC)C(C)C)[nH]4)c4nc[nH]c34)cc2)[nH]1)C(C)C.O=CO. The summed E-state index contributed by atoms with van der Waals surface area (Å²) in [5, 5.41) is 12.3. The van der Waals surface area contributed by atoms with Crippen LogP contribution in [-0.2, 0) is 23.9 Å². The van der Waals surface area contributed by atoms with Crippen molar-refractivity contribution in [2.45, 2.75) is 85.0 Å². The van der Waals surface area contributed by atoms with E-state index in [1.54, 1.807) is 28.5 Å². The third kappa shape index (κ3) is 9.68. The Kier molecular flexibility index (Phi) is 14.9. The molecule has 2 saturated heterocycles. The van der Waals surface area contributed by atoms with Gasteiger partial charge in [-0.15, -0.1) is 0 Å². The number of fused-ring (bicyclic) bond motifs is 1. The first-order valence-electron chi connectivity index (χ1n) is 19.9. The topological polar surface area (TPSA) is 241 Å². The molecule has 0 bridgehead atoms. The molecule has 326 valence electrons. The minimum atomic E-state index is -0.711. The average Bonchev–Trinajstić information content (AvgIpc) is 4.10. The van der Waals surface area contributed by atoms with Gasteiger partial charge in [0.2, 0.25) is 11.8 Å². The summed E-state index contributed by atoms with van der Waals surface area (Å²) in [5.74, 6) is 0.843. The lowest BCUT2D eigenvalue weighted by molar-refractivity contribution is -0.136. The molecule has 18 heteroatoms. The van der Waals surface area contributed by atoms with Gasteiger partial charge < -0.3 is 50.0 Å². The van der Waals surface area contributed by atoms with E-state index in [0.29, 0.717) is 24.7 Å². The summed E-state index contributed by atoms with van der Waals surface area (Å²) in [6.07, 6.45) is 7.17. The van der Waals surface area contributed by atoms with Crippen LogP contribution in [0.5, 0.6) is 0 Å². The van der Waals surface area contributed by atoms with Crippen molar-refractivity contribution < 1.29 is 38.6 Å². The number of carbonyl (C=O) groups is 5. The van der Waals surface area contributed by atoms with Crippen molar-refractivity contribution in [2.24, 2.45) is 11.8 Å². The second kappa shape index (κ2) is 20.0. The number of benzene rings is 2. The van der Waals surface area contributed by atoms with E-state index in [2.05, 4.69) is 53.8 Å². The molecule has 0 aliphatic carbocycles. The number of nitrogens with zero attached hydrogens (tertiary/aromatic N) is 5. The number of aromatic nitrogens is 6. The minimum absolute atomic E-state index is 0. The first-order chi connectivity index (χ1) is 28.9. The summed E-state index contributed by atoms with van der Waals surface area (Å²) < 4.78 is 9.53. The second-order valence-electron chi connectivity index (χ2n) is 15.4. The summed E-state index contributed by atoms with van der Waals surface area (Å²) in [4.78, 5) is 87.5. The quantitative estimate of drug-likeness (QED) is 0.0792. The number of H-pyrrole nitrogens is 3. The fourth-order valence-electron chi connectivity index (χ4n) is 8.00. The second-order valence-corrected chi connectivity index (χ2v) is 15.4. The fourth-order valence-corrected chi connectivity index (χ4v) is 8.00. The van der Waals surface area contributed by atoms with Crippen molar-refractivity contribution in [1.29, 1.82) is 0 Å². The first kappa shape index (κ1) is 45.4. The highest BCUT2D eigenvalue weighted by molar-refractivity contribution is 6.00. The van der Waals surface area contributed by atoms with E-state index in [1.165, 1.54) is 14.2 Å². The Labute approximate surface area is 354 Å². The van der Waals surface area contributed by atoms with Gasteiger partial charge in [-0.1, -0.05) is 65.5 Å². The van der Waals surface area contributed by atoms with Gasteiger partial charge in [0.05, 0.1) is 67.4 Å². The molecule has 2 aliphatic heterocycles. The van der Waals surface area contributed by atoms with Crippen molar-refractivity contribution >= 4 is 41.5 Å². The van der Waals surface area contributed by atoms with Crippen molar-refractivity contribution in [2.75, 3.05) is 27.3 Å². The molecule has 5 aromatic rings. The van der Waals surface area contributed by atoms with E-state index in [4.69, 9.17) is 24.4 Å². The number of carboxylic acid groups (broad SMARTS) is 1. The maximum Gasteiger partial charge on any atom is 0.407 e. The van der Waals surface area contributed by atoms with Crippen LogP contribution < -0.4 is 10.6 Å². The molecule has 2 aromatic carbocycles. The maximum atomic E-state index is 13.6. The number of methoxy groups -OCH3 is 2. The van der Waals surface area contributed by atoms with Gasteiger partial charge >= 0.3 is 12.2 Å². The summed E-state index contributed by atoms with van der Waals surface area (Å²) in [6.45, 7) is 8.48. The molecule has 4 amide bonds. The Balaban J connectivity index is 0.00000171. The van der Waals surface area contributed by atoms with E-state index in [1.807, 2.05) is 45.9 Å². The molecule has 4 atom stereocenters. The monoisotopic (exact) mass is 840 g/mol. The van der Waals surface area contributed by atoms with Crippen LogP contribution in [0.3, 0.4) is 0 Å². The van der Waals surface area contributed by atoms with E-state index in [9.17, 15) is 19.2 Å². The normalized spacial score (nSPS) is 17.0. The van der Waals surface area contributed by atoms with Crippen LogP contribution in [0.2, 0.25) is 0 Å². The average molecular weight is 841 g/mol. The molecule has 0 spiro atoms. The van der Waals surface area contributed by atoms with Gasteiger partial charge in [-0.25, -0.2) is 24.5 Å². The van der Waals surface area contributed by atoms with Crippen molar-refractivity contribution in [3.63, 3.8) is 0 Å². The number of hydrogen-bond donors (Lipinski definition) is 6. The number of amides is 4. The number of aromatic amines is 3. The highest BCUT2D eigenvalue weighted by Gasteiger charge is 2.39. The van der Waals surface area contributed by atoms with Crippen LogP contribution in [0.1, 0.15) is 84.5 Å². The molecular formula is C43H56N10O8. The van der Waals surface area contributed by atoms with E-state index < -0.39 is 24.3 Å². The van der Waals surface area contributed by atoms with Gasteiger partial charge in [-0.3, -0.25) is 14.4 Å². The van der Waals surface area contributed by atoms with Gasteiger partial charge in [0.15, 0.2) is 0 Å². The minimum Gasteiger partial charge on any atom is -0.483 e. The van der Waals surface area contributed by atoms with Crippen molar-refractivity contribution in [1.82, 2.24) is 50.3 Å². The zero-order chi connectivity index (χ0) is 43.1. The predicted octanol–water partition coefficient (Wildman–Crippen LogP) is 6.44. The Bertz CT molecular complexity index is 2300. The number of rotatable bonds is 11. The van der Waals surface area contributed by atoms with Crippen molar-refractivity contribution in [3.05, 3.63) is 66.8 Å². The Morgan fingerprint density at radius 2 is 1.20 bits per heavy atom. The Hall–Kier alpha value is -6.72. The molecule has 0 radical (unpaired) electrons. The molecule has 18 nitrogen and oxygen atoms in total. The van der Waals surface area contributed by atoms with Crippen LogP contribution in [0.4, 0.5) is 9.59 Å². The highest BCUT2D eigenvalue weighted by atomic mass is 16.5. The lowest BCUT2D eigenvalue weighted by atomic mass is 9.99. The van der Waals surface area contributed by atoms with E-state index in [-0.39, 0.29) is 49.6 Å². The van der Waals surface area contributed by atoms with E-state index >= 15 is 0 Å². The lowest BCUT2D eigenvalue weighted by Crippen LogP contribution is -2.51. The fraction of sp³-hybridized carbons (Fsp3) is 0.442. The molecule has 6 N–H and O–H groups in total. The zero-order valence-corrected chi connectivity index (χ0v) is 34.5. The lowest BCUT2D eigenvalue weighted by Gasteiger charge is -2.30. The predicted molar refractivity (Wildman–Crippen MR) is 228 cm³/mol. The molecule has 61 heavy (non-hydrogen) atoms. The van der Waals surface area contributed by atoms with Crippen LogP contribution in [0.25, 0.3) is 44.7 Å². The Morgan fingerprint density at radius 3 is 1.69 bits per heavy atom. The van der Waals surface area contributed by atoms with Gasteiger partial charge in [-0.2, -0.15) is 0 Å². The molecule has 0 saturated carbocycles. The molecule has 3 aromatic heterocycles. The zero-order valence-electron chi connectivity index (χ0n) is 34.5. The number of hydrogen-bond acceptors (Lipinski definition) is 10. The number of nitrogens with one attached hydrogen (secondary N) is 5. The molecule has 2 fully saturated rings. The number of carbonyl (C=O) groups excluding carboxylic acids is 4. The molecular weight excluding hydrogens is 785 g/mol. The molecule has 7 rings (SSSR count). The summed E-state index contributed by atoms with van der Waals surface area (Å²) in [5.41, 5.74) is 7.07. The van der Waals surface area contributed by atoms with Crippen molar-refractivity contribution in [3.8, 4) is 33.6 Å². The third-order valence-corrected chi connectivity index (χ3v) is 11.1. The summed E-state index contributed by atoms with van der Waals surface area (Å²) in [6, 6.07) is 10.4. The number of alkyl carbamates (subject to hydrolysis) is 2. The number of imidazole rings is 3. The maximum absolute atomic E-state index is 13.6. The van der Waals surface area contributed by atoms with Crippen LogP contribution in [-0.4, -0.2) is 115 Å². The van der Waals surface area contributed by atoms with Crippen LogP contribution in [0, 0.1) is 11.8 Å². The largest absolute Gasteiger partial charge is 0.483 e. The number of ether oxygens (including phenoxy) is 2. The third-order valence-electron chi connectivity index (χ3n) is 11.1. The van der Waals surface area contributed by atoms with Crippen LogP contribution in [0.15, 0.2) is 55.1 Å². The molecule has 5 heterocycles. The number of likely N-dealkylation sites (tertiary alicyclic amines) is 2. The molecule has 0 unspecified atom stereocenters. The van der Waals surface area contributed by atoms with Gasteiger partial charge in [0.25, 0.3) is 6.47 Å². The van der Waals surface area contributed by atoms with Gasteiger partial charge in [0.1, 0.15) is 23.7 Å². The summed E-state index contributed by atoms with van der Waals surface area (Å²) >= 11 is 0. The van der Waals surface area contributed by atoms with Gasteiger partial charge in [0, 0.05) is 24.2 Å². The highest BCUT2D eigenvalue weighted by Crippen LogP contribution is 2.37. The van der Waals surface area contributed by atoms with Gasteiger partial charge in [-0.05, 0) is 54.7 Å². The smallest absolute Gasteiger partial charge is 0.407 e. The first-order valence-corrected chi connectivity index (χ1v) is 19.9.